The second-order valence-corrected chi connectivity index (χ2v) is 10.0. The number of amides is 2. The Labute approximate surface area is 192 Å². The molecule has 0 aliphatic carbocycles. The summed E-state index contributed by atoms with van der Waals surface area (Å²) < 4.78 is 34.7. The zero-order valence-corrected chi connectivity index (χ0v) is 18.7. The van der Waals surface area contributed by atoms with E-state index in [-0.39, 0.29) is 41.7 Å². The van der Waals surface area contributed by atoms with E-state index >= 15 is 0 Å². The van der Waals surface area contributed by atoms with Gasteiger partial charge >= 0.3 is 0 Å². The average molecular weight is 469 g/mol. The second-order valence-electron chi connectivity index (χ2n) is 7.81. The molecule has 0 saturated carbocycles. The Morgan fingerprint density at radius 3 is 2.42 bits per heavy atom. The molecule has 1 saturated heterocycles. The van der Waals surface area contributed by atoms with Crippen molar-refractivity contribution in [2.45, 2.75) is 19.0 Å². The van der Waals surface area contributed by atoms with Gasteiger partial charge in [0.15, 0.2) is 22.2 Å². The van der Waals surface area contributed by atoms with E-state index in [0.29, 0.717) is 24.4 Å². The number of carbonyl (C=O) groups is 2. The molecule has 1 atom stereocenters. The van der Waals surface area contributed by atoms with Crippen LogP contribution in [0.1, 0.15) is 22.5 Å². The Bertz CT molecular complexity index is 1190. The molecule has 0 bridgehead atoms. The summed E-state index contributed by atoms with van der Waals surface area (Å²) in [7, 11) is -3.14. The number of furan rings is 1. The van der Waals surface area contributed by atoms with Crippen LogP contribution in [0.25, 0.3) is 0 Å². The first-order valence-corrected chi connectivity index (χ1v) is 12.3. The minimum atomic E-state index is -3.14. The topological polar surface area (TPSA) is 106 Å². The van der Waals surface area contributed by atoms with Crippen molar-refractivity contribution in [1.29, 1.82) is 0 Å². The minimum Gasteiger partial charge on any atom is -0.484 e. The van der Waals surface area contributed by atoms with Gasteiger partial charge in [0, 0.05) is 18.3 Å². The lowest BCUT2D eigenvalue weighted by atomic mass is 10.1. The number of ether oxygens (including phenoxy) is 1. The fourth-order valence-electron chi connectivity index (χ4n) is 3.69. The Morgan fingerprint density at radius 2 is 1.79 bits per heavy atom. The summed E-state index contributed by atoms with van der Waals surface area (Å²) in [6.07, 6.45) is 1.84. The van der Waals surface area contributed by atoms with E-state index in [1.54, 1.807) is 41.3 Å². The molecule has 4 rings (SSSR count). The van der Waals surface area contributed by atoms with Crippen LogP contribution in [0.2, 0.25) is 0 Å². The Balaban J connectivity index is 1.38. The number of anilines is 1. The van der Waals surface area contributed by atoms with Crippen molar-refractivity contribution >= 4 is 27.3 Å². The number of sulfone groups is 1. The highest BCUT2D eigenvalue weighted by Gasteiger charge is 2.34. The van der Waals surface area contributed by atoms with E-state index in [4.69, 9.17) is 9.15 Å². The summed E-state index contributed by atoms with van der Waals surface area (Å²) in [5.41, 5.74) is 1.48. The van der Waals surface area contributed by atoms with Gasteiger partial charge in [0.05, 0.1) is 17.8 Å². The quantitative estimate of drug-likeness (QED) is 0.545. The maximum absolute atomic E-state index is 13.0. The fourth-order valence-corrected chi connectivity index (χ4v) is 5.42. The monoisotopic (exact) mass is 468 g/mol. The van der Waals surface area contributed by atoms with Gasteiger partial charge in [-0.1, -0.05) is 30.3 Å². The normalized spacial score (nSPS) is 16.8. The lowest BCUT2D eigenvalue weighted by Crippen LogP contribution is -2.43. The number of carbonyl (C=O) groups excluding carboxylic acids is 2. The first kappa shape index (κ1) is 22.6. The van der Waals surface area contributed by atoms with Gasteiger partial charge in [0.25, 0.3) is 11.8 Å². The number of nitrogens with zero attached hydrogens (tertiary/aromatic N) is 1. The molecule has 1 aromatic heterocycles. The molecular formula is C24H24N2O6S. The number of benzene rings is 2. The van der Waals surface area contributed by atoms with E-state index in [0.717, 1.165) is 5.56 Å². The maximum atomic E-state index is 13.0. The van der Waals surface area contributed by atoms with Crippen molar-refractivity contribution in [2.24, 2.45) is 0 Å². The standard InChI is InChI=1S/C24H24N2O6S/c27-23(26(15-18-5-2-1-3-6-18)20-12-14-33(29,30)17-20)16-32-21-10-8-19(9-11-21)25-24(28)22-7-4-13-31-22/h1-11,13,20H,12,14-17H2,(H,25,28)/t20-/m1/s1. The average Bonchev–Trinajstić information content (AvgIpc) is 3.47. The molecule has 0 spiro atoms. The van der Waals surface area contributed by atoms with E-state index < -0.39 is 9.84 Å². The predicted molar refractivity (Wildman–Crippen MR) is 123 cm³/mol. The summed E-state index contributed by atoms with van der Waals surface area (Å²) in [6.45, 7) is 0.0997. The van der Waals surface area contributed by atoms with Gasteiger partial charge in [0.2, 0.25) is 0 Å². The number of rotatable bonds is 8. The van der Waals surface area contributed by atoms with E-state index in [2.05, 4.69) is 5.32 Å². The molecule has 2 aromatic carbocycles. The van der Waals surface area contributed by atoms with Crippen LogP contribution >= 0.6 is 0 Å². The van der Waals surface area contributed by atoms with E-state index in [9.17, 15) is 18.0 Å². The number of hydrogen-bond acceptors (Lipinski definition) is 6. The zero-order valence-electron chi connectivity index (χ0n) is 17.8. The summed E-state index contributed by atoms with van der Waals surface area (Å²) in [5.74, 6) is 0.0623. The van der Waals surface area contributed by atoms with Crippen molar-refractivity contribution in [3.8, 4) is 5.75 Å². The minimum absolute atomic E-state index is 0.0321. The third-order valence-electron chi connectivity index (χ3n) is 5.38. The molecule has 1 aliphatic rings. The van der Waals surface area contributed by atoms with Gasteiger partial charge in [-0.2, -0.15) is 0 Å². The van der Waals surface area contributed by atoms with Crippen LogP contribution in [-0.2, 0) is 21.2 Å². The third kappa shape index (κ3) is 6.01. The Kier molecular flexibility index (Phi) is 6.79. The van der Waals surface area contributed by atoms with Gasteiger partial charge in [-0.15, -0.1) is 0 Å². The van der Waals surface area contributed by atoms with Crippen LogP contribution < -0.4 is 10.1 Å². The third-order valence-corrected chi connectivity index (χ3v) is 7.14. The Morgan fingerprint density at radius 1 is 1.03 bits per heavy atom. The first-order valence-electron chi connectivity index (χ1n) is 10.5. The van der Waals surface area contributed by atoms with Gasteiger partial charge in [0.1, 0.15) is 5.75 Å². The number of hydrogen-bond donors (Lipinski definition) is 1. The van der Waals surface area contributed by atoms with Gasteiger partial charge in [-0.3, -0.25) is 9.59 Å². The van der Waals surface area contributed by atoms with Crippen LogP contribution in [0.4, 0.5) is 5.69 Å². The number of nitrogens with one attached hydrogen (secondary N) is 1. The van der Waals surface area contributed by atoms with Gasteiger partial charge in [-0.25, -0.2) is 8.42 Å². The van der Waals surface area contributed by atoms with Crippen LogP contribution in [0.5, 0.6) is 5.75 Å². The summed E-state index contributed by atoms with van der Waals surface area (Å²) in [4.78, 5) is 26.6. The lowest BCUT2D eigenvalue weighted by molar-refractivity contribution is -0.136. The summed E-state index contributed by atoms with van der Waals surface area (Å²) >= 11 is 0. The molecule has 0 unspecified atom stereocenters. The van der Waals surface area contributed by atoms with Crippen molar-refractivity contribution in [3.05, 3.63) is 84.3 Å². The van der Waals surface area contributed by atoms with Crippen molar-refractivity contribution < 1.29 is 27.2 Å². The first-order chi connectivity index (χ1) is 15.9. The highest BCUT2D eigenvalue weighted by atomic mass is 32.2. The van der Waals surface area contributed by atoms with Crippen molar-refractivity contribution in [3.63, 3.8) is 0 Å². The van der Waals surface area contributed by atoms with E-state index in [1.807, 2.05) is 30.3 Å². The molecule has 172 valence electrons. The molecule has 9 heteroatoms. The Hall–Kier alpha value is -3.59. The molecular weight excluding hydrogens is 444 g/mol. The molecule has 0 radical (unpaired) electrons. The van der Waals surface area contributed by atoms with Gasteiger partial charge < -0.3 is 19.4 Å². The molecule has 8 nitrogen and oxygen atoms in total. The van der Waals surface area contributed by atoms with Crippen LogP contribution in [0.15, 0.2) is 77.4 Å². The van der Waals surface area contributed by atoms with Crippen LogP contribution in [0.3, 0.4) is 0 Å². The smallest absolute Gasteiger partial charge is 0.291 e. The van der Waals surface area contributed by atoms with Crippen LogP contribution in [-0.4, -0.2) is 49.3 Å². The largest absolute Gasteiger partial charge is 0.484 e. The van der Waals surface area contributed by atoms with Crippen molar-refractivity contribution in [2.75, 3.05) is 23.4 Å². The fraction of sp³-hybridized carbons (Fsp3) is 0.250. The molecule has 2 amide bonds. The highest BCUT2D eigenvalue weighted by Crippen LogP contribution is 2.21. The van der Waals surface area contributed by atoms with Gasteiger partial charge in [-0.05, 0) is 48.4 Å². The highest BCUT2D eigenvalue weighted by molar-refractivity contribution is 7.91. The summed E-state index contributed by atoms with van der Waals surface area (Å²) in [6, 6.07) is 18.9. The van der Waals surface area contributed by atoms with Crippen molar-refractivity contribution in [1.82, 2.24) is 4.90 Å². The molecule has 1 aliphatic heterocycles. The molecule has 1 N–H and O–H groups in total. The summed E-state index contributed by atoms with van der Waals surface area (Å²) in [5, 5.41) is 2.71. The predicted octanol–water partition coefficient (Wildman–Crippen LogP) is 3.13. The molecule has 3 aromatic rings. The SMILES string of the molecule is O=C(Nc1ccc(OCC(=O)N(Cc2ccccc2)[C@@H]2CCS(=O)(=O)C2)cc1)c1ccco1. The van der Waals surface area contributed by atoms with E-state index in [1.165, 1.54) is 6.26 Å². The van der Waals surface area contributed by atoms with Crippen LogP contribution in [0, 0.1) is 0 Å². The molecule has 2 heterocycles. The molecule has 1 fully saturated rings. The second kappa shape index (κ2) is 9.91. The zero-order chi connectivity index (χ0) is 23.3. The maximum Gasteiger partial charge on any atom is 0.291 e. The lowest BCUT2D eigenvalue weighted by Gasteiger charge is -2.28. The molecule has 33 heavy (non-hydrogen) atoms.